The molecule has 28 heavy (non-hydrogen) atoms. The number of benzene rings is 3. The third kappa shape index (κ3) is 5.01. The maximum Gasteiger partial charge on any atom is 0.251 e. The van der Waals surface area contributed by atoms with Crippen molar-refractivity contribution in [1.82, 2.24) is 10.6 Å². The summed E-state index contributed by atoms with van der Waals surface area (Å²) in [4.78, 5) is 23.9. The molecule has 0 aromatic heterocycles. The predicted octanol–water partition coefficient (Wildman–Crippen LogP) is 2.77. The summed E-state index contributed by atoms with van der Waals surface area (Å²) >= 11 is 0. The summed E-state index contributed by atoms with van der Waals surface area (Å²) in [6, 6.07) is 20.5. The smallest absolute Gasteiger partial charge is 0.251 e. The molecule has 0 aliphatic heterocycles. The van der Waals surface area contributed by atoms with Gasteiger partial charge in [0.05, 0.1) is 20.2 Å². The van der Waals surface area contributed by atoms with Crippen LogP contribution in [-0.2, 0) is 4.79 Å². The van der Waals surface area contributed by atoms with Gasteiger partial charge in [-0.3, -0.25) is 9.59 Å². The van der Waals surface area contributed by atoms with Gasteiger partial charge in [0, 0.05) is 10.9 Å². The van der Waals surface area contributed by atoms with Gasteiger partial charge in [0.15, 0.2) is 0 Å². The standard InChI is InChI=1S/C22H22N2O4/c1-27-18-11-9-17(10-12-18)22(26)24-15-21(25)23-13-14-28-20-8-4-6-16-5-2-3-7-19(16)20/h2-12H,13-15H2,1H3,(H,23,25)(H,24,26). The Morgan fingerprint density at radius 1 is 0.893 bits per heavy atom. The Labute approximate surface area is 163 Å². The number of hydrogen-bond acceptors (Lipinski definition) is 4. The van der Waals surface area contributed by atoms with Crippen LogP contribution in [-0.4, -0.2) is 38.6 Å². The molecule has 6 heteroatoms. The third-order valence-electron chi connectivity index (χ3n) is 4.19. The van der Waals surface area contributed by atoms with Gasteiger partial charge < -0.3 is 20.1 Å². The van der Waals surface area contributed by atoms with Crippen molar-refractivity contribution in [2.75, 3.05) is 26.8 Å². The highest BCUT2D eigenvalue weighted by molar-refractivity contribution is 5.96. The minimum atomic E-state index is -0.315. The number of nitrogens with one attached hydrogen (secondary N) is 2. The van der Waals surface area contributed by atoms with Crippen molar-refractivity contribution in [2.45, 2.75) is 0 Å². The van der Waals surface area contributed by atoms with Crippen LogP contribution in [0.2, 0.25) is 0 Å². The fourth-order valence-corrected chi connectivity index (χ4v) is 2.74. The second-order valence-electron chi connectivity index (χ2n) is 6.09. The second kappa shape index (κ2) is 9.41. The first-order chi connectivity index (χ1) is 13.7. The lowest BCUT2D eigenvalue weighted by atomic mass is 10.1. The molecule has 3 aromatic carbocycles. The van der Waals surface area contributed by atoms with Crippen LogP contribution in [0.4, 0.5) is 0 Å². The van der Waals surface area contributed by atoms with Crippen LogP contribution >= 0.6 is 0 Å². The lowest BCUT2D eigenvalue weighted by Gasteiger charge is -2.10. The number of carbonyl (C=O) groups excluding carboxylic acids is 2. The largest absolute Gasteiger partial charge is 0.497 e. The van der Waals surface area contributed by atoms with Crippen LogP contribution in [0.3, 0.4) is 0 Å². The Morgan fingerprint density at radius 2 is 1.64 bits per heavy atom. The van der Waals surface area contributed by atoms with Gasteiger partial charge in [0.2, 0.25) is 5.91 Å². The third-order valence-corrected chi connectivity index (χ3v) is 4.19. The fourth-order valence-electron chi connectivity index (χ4n) is 2.74. The molecule has 0 fully saturated rings. The SMILES string of the molecule is COc1ccc(C(=O)NCC(=O)NCCOc2cccc3ccccc23)cc1. The first kappa shape index (κ1) is 19.2. The molecule has 3 aromatic rings. The van der Waals surface area contributed by atoms with Crippen molar-refractivity contribution in [2.24, 2.45) is 0 Å². The van der Waals surface area contributed by atoms with E-state index in [9.17, 15) is 9.59 Å². The van der Waals surface area contributed by atoms with Crippen LogP contribution in [0, 0.1) is 0 Å². The second-order valence-corrected chi connectivity index (χ2v) is 6.09. The molecule has 2 amide bonds. The quantitative estimate of drug-likeness (QED) is 0.591. The molecule has 0 atom stereocenters. The Balaban J connectivity index is 1.40. The molecule has 0 spiro atoms. The predicted molar refractivity (Wildman–Crippen MR) is 108 cm³/mol. The Hall–Kier alpha value is -3.54. The average Bonchev–Trinajstić information content (AvgIpc) is 2.75. The van der Waals surface area contributed by atoms with Gasteiger partial charge in [-0.15, -0.1) is 0 Å². The summed E-state index contributed by atoms with van der Waals surface area (Å²) < 4.78 is 10.8. The van der Waals surface area contributed by atoms with Gasteiger partial charge in [-0.2, -0.15) is 0 Å². The highest BCUT2D eigenvalue weighted by Gasteiger charge is 2.08. The first-order valence-corrected chi connectivity index (χ1v) is 8.97. The summed E-state index contributed by atoms with van der Waals surface area (Å²) in [6.45, 7) is 0.589. The minimum Gasteiger partial charge on any atom is -0.497 e. The Morgan fingerprint density at radius 3 is 2.43 bits per heavy atom. The lowest BCUT2D eigenvalue weighted by molar-refractivity contribution is -0.120. The zero-order valence-corrected chi connectivity index (χ0v) is 15.6. The van der Waals surface area contributed by atoms with Gasteiger partial charge in [-0.05, 0) is 35.7 Å². The summed E-state index contributed by atoms with van der Waals surface area (Å²) in [5.41, 5.74) is 0.466. The van der Waals surface area contributed by atoms with Gasteiger partial charge in [0.25, 0.3) is 5.91 Å². The number of carbonyl (C=O) groups is 2. The summed E-state index contributed by atoms with van der Waals surface area (Å²) in [6.07, 6.45) is 0. The molecule has 2 N–H and O–H groups in total. The molecule has 144 valence electrons. The number of ether oxygens (including phenoxy) is 2. The maximum atomic E-state index is 12.0. The summed E-state index contributed by atoms with van der Waals surface area (Å²) in [5.74, 6) is 0.855. The molecule has 0 aliphatic rings. The average molecular weight is 378 g/mol. The van der Waals surface area contributed by atoms with E-state index in [2.05, 4.69) is 10.6 Å². The monoisotopic (exact) mass is 378 g/mol. The van der Waals surface area contributed by atoms with E-state index in [4.69, 9.17) is 9.47 Å². The van der Waals surface area contributed by atoms with E-state index in [1.165, 1.54) is 0 Å². The Kier molecular flexibility index (Phi) is 6.46. The molecule has 0 saturated heterocycles. The zero-order valence-electron chi connectivity index (χ0n) is 15.6. The number of fused-ring (bicyclic) bond motifs is 1. The molecule has 0 radical (unpaired) electrons. The summed E-state index contributed by atoms with van der Waals surface area (Å²) in [7, 11) is 1.56. The fraction of sp³-hybridized carbons (Fsp3) is 0.182. The molecular formula is C22H22N2O4. The number of rotatable bonds is 8. The molecule has 3 rings (SSSR count). The van der Waals surface area contributed by atoms with Gasteiger partial charge in [-0.1, -0.05) is 36.4 Å². The maximum absolute atomic E-state index is 12.0. The van der Waals surface area contributed by atoms with Crippen LogP contribution in [0.1, 0.15) is 10.4 Å². The van der Waals surface area contributed by atoms with Crippen molar-refractivity contribution in [1.29, 1.82) is 0 Å². The highest BCUT2D eigenvalue weighted by atomic mass is 16.5. The van der Waals surface area contributed by atoms with Crippen molar-refractivity contribution < 1.29 is 19.1 Å². The molecule has 0 saturated carbocycles. The van der Waals surface area contributed by atoms with Gasteiger partial charge >= 0.3 is 0 Å². The molecule has 0 heterocycles. The highest BCUT2D eigenvalue weighted by Crippen LogP contribution is 2.24. The van der Waals surface area contributed by atoms with Crippen molar-refractivity contribution >= 4 is 22.6 Å². The van der Waals surface area contributed by atoms with E-state index < -0.39 is 0 Å². The number of hydrogen-bond donors (Lipinski definition) is 2. The van der Waals surface area contributed by atoms with E-state index in [-0.39, 0.29) is 18.4 Å². The van der Waals surface area contributed by atoms with Crippen molar-refractivity contribution in [3.05, 3.63) is 72.3 Å². The van der Waals surface area contributed by atoms with Crippen LogP contribution < -0.4 is 20.1 Å². The van der Waals surface area contributed by atoms with E-state index in [0.717, 1.165) is 16.5 Å². The lowest BCUT2D eigenvalue weighted by Crippen LogP contribution is -2.38. The van der Waals surface area contributed by atoms with Crippen LogP contribution in [0.15, 0.2) is 66.7 Å². The normalized spacial score (nSPS) is 10.3. The minimum absolute atomic E-state index is 0.0981. The first-order valence-electron chi connectivity index (χ1n) is 8.97. The summed E-state index contributed by atoms with van der Waals surface area (Å²) in [5, 5.41) is 7.45. The molecule has 0 unspecified atom stereocenters. The van der Waals surface area contributed by atoms with Gasteiger partial charge in [-0.25, -0.2) is 0 Å². The van der Waals surface area contributed by atoms with Crippen LogP contribution in [0.25, 0.3) is 10.8 Å². The van der Waals surface area contributed by atoms with E-state index in [1.807, 2.05) is 42.5 Å². The zero-order chi connectivity index (χ0) is 19.8. The Bertz CT molecular complexity index is 949. The molecule has 0 bridgehead atoms. The van der Waals surface area contributed by atoms with Crippen LogP contribution in [0.5, 0.6) is 11.5 Å². The molecule has 6 nitrogen and oxygen atoms in total. The number of methoxy groups -OCH3 is 1. The number of amides is 2. The van der Waals surface area contributed by atoms with Crippen molar-refractivity contribution in [3.63, 3.8) is 0 Å². The van der Waals surface area contributed by atoms with Crippen molar-refractivity contribution in [3.8, 4) is 11.5 Å². The molecule has 0 aliphatic carbocycles. The van der Waals surface area contributed by atoms with E-state index in [0.29, 0.717) is 24.5 Å². The molecular weight excluding hydrogens is 356 g/mol. The van der Waals surface area contributed by atoms with E-state index >= 15 is 0 Å². The van der Waals surface area contributed by atoms with E-state index in [1.54, 1.807) is 31.4 Å². The topological polar surface area (TPSA) is 76.7 Å². The van der Waals surface area contributed by atoms with Gasteiger partial charge in [0.1, 0.15) is 18.1 Å².